The lowest BCUT2D eigenvalue weighted by Gasteiger charge is -2.20. The Labute approximate surface area is 92.1 Å². The molecule has 0 radical (unpaired) electrons. The van der Waals surface area contributed by atoms with E-state index in [2.05, 4.69) is 15.9 Å². The van der Waals surface area contributed by atoms with Crippen molar-refractivity contribution in [2.75, 3.05) is 0 Å². The van der Waals surface area contributed by atoms with Crippen LogP contribution >= 0.6 is 15.9 Å². The Hall–Kier alpha value is -0.410. The van der Waals surface area contributed by atoms with Crippen molar-refractivity contribution in [2.24, 2.45) is 0 Å². The minimum Gasteiger partial charge on any atom is -0.386 e. The molecule has 0 aliphatic rings. The Bertz CT molecular complexity index is 342. The zero-order valence-corrected chi connectivity index (χ0v) is 10.2. The van der Waals surface area contributed by atoms with Crippen LogP contribution in [-0.2, 0) is 12.0 Å². The average molecular weight is 261 g/mol. The highest BCUT2D eigenvalue weighted by Gasteiger charge is 2.22. The van der Waals surface area contributed by atoms with Crippen LogP contribution in [0.2, 0.25) is 0 Å². The summed E-state index contributed by atoms with van der Waals surface area (Å²) in [5.41, 5.74) is -0.170. The van der Waals surface area contributed by atoms with Crippen LogP contribution in [0.5, 0.6) is 0 Å². The lowest BCUT2D eigenvalue weighted by atomic mass is 9.95. The molecule has 0 bridgehead atoms. The first-order valence-corrected chi connectivity index (χ1v) is 5.37. The monoisotopic (exact) mass is 260 g/mol. The summed E-state index contributed by atoms with van der Waals surface area (Å²) < 4.78 is 14.6. The molecule has 1 nitrogen and oxygen atoms in total. The zero-order valence-electron chi connectivity index (χ0n) is 8.56. The van der Waals surface area contributed by atoms with Crippen LogP contribution in [0.4, 0.5) is 4.39 Å². The van der Waals surface area contributed by atoms with Crippen LogP contribution in [0.1, 0.15) is 31.9 Å². The van der Waals surface area contributed by atoms with E-state index in [1.165, 1.54) is 0 Å². The van der Waals surface area contributed by atoms with E-state index in [-0.39, 0.29) is 5.82 Å². The Morgan fingerprint density at radius 3 is 2.43 bits per heavy atom. The van der Waals surface area contributed by atoms with Gasteiger partial charge in [-0.1, -0.05) is 28.9 Å². The molecule has 0 saturated carbocycles. The van der Waals surface area contributed by atoms with Crippen LogP contribution in [0.15, 0.2) is 16.6 Å². The maximum Gasteiger partial charge on any atom is 0.133 e. The van der Waals surface area contributed by atoms with Gasteiger partial charge in [-0.25, -0.2) is 4.39 Å². The first kappa shape index (κ1) is 11.7. The summed E-state index contributed by atoms with van der Waals surface area (Å²) in [6.45, 7) is 5.05. The van der Waals surface area contributed by atoms with Crippen LogP contribution in [0.25, 0.3) is 0 Å². The van der Waals surface area contributed by atoms with Crippen LogP contribution < -0.4 is 0 Å². The Kier molecular flexibility index (Phi) is 3.32. The van der Waals surface area contributed by atoms with E-state index in [0.29, 0.717) is 17.5 Å². The quantitative estimate of drug-likeness (QED) is 0.865. The van der Waals surface area contributed by atoms with Gasteiger partial charge in [0.2, 0.25) is 0 Å². The summed E-state index contributed by atoms with van der Waals surface area (Å²) in [6.07, 6.45) is 0.607. The topological polar surface area (TPSA) is 20.2 Å². The van der Waals surface area contributed by atoms with E-state index in [0.717, 1.165) is 4.47 Å². The molecule has 0 aliphatic heterocycles. The molecule has 0 heterocycles. The predicted molar refractivity (Wildman–Crippen MR) is 58.7 cm³/mol. The molecule has 0 spiro atoms. The Balaban J connectivity index is 3.36. The minimum atomic E-state index is -1.13. The summed E-state index contributed by atoms with van der Waals surface area (Å²) >= 11 is 3.29. The third kappa shape index (κ3) is 2.15. The van der Waals surface area contributed by atoms with E-state index in [1.807, 2.05) is 6.92 Å². The number of rotatable bonds is 2. The fourth-order valence-corrected chi connectivity index (χ4v) is 1.98. The number of halogens is 2. The lowest BCUT2D eigenvalue weighted by Crippen LogP contribution is -2.18. The van der Waals surface area contributed by atoms with Gasteiger partial charge in [0, 0.05) is 15.6 Å². The zero-order chi connectivity index (χ0) is 10.9. The van der Waals surface area contributed by atoms with Gasteiger partial charge in [-0.15, -0.1) is 0 Å². The van der Waals surface area contributed by atoms with Crippen molar-refractivity contribution in [2.45, 2.75) is 32.8 Å². The first-order chi connectivity index (χ1) is 6.38. The molecule has 0 saturated heterocycles. The van der Waals surface area contributed by atoms with Gasteiger partial charge in [0.25, 0.3) is 0 Å². The van der Waals surface area contributed by atoms with E-state index in [1.54, 1.807) is 26.0 Å². The first-order valence-electron chi connectivity index (χ1n) is 4.57. The molecule has 0 amide bonds. The van der Waals surface area contributed by atoms with Crippen LogP contribution in [0.3, 0.4) is 0 Å². The second-order valence-electron chi connectivity index (χ2n) is 3.80. The Morgan fingerprint density at radius 2 is 2.00 bits per heavy atom. The van der Waals surface area contributed by atoms with Crippen molar-refractivity contribution < 1.29 is 9.50 Å². The molecule has 0 atom stereocenters. The van der Waals surface area contributed by atoms with Crippen LogP contribution in [0, 0.1) is 5.82 Å². The SMILES string of the molecule is CCc1c(Br)ccc(C(C)(C)O)c1F. The van der Waals surface area contributed by atoms with Crippen molar-refractivity contribution in [1.82, 2.24) is 0 Å². The maximum absolute atomic E-state index is 13.8. The molecule has 14 heavy (non-hydrogen) atoms. The highest BCUT2D eigenvalue weighted by molar-refractivity contribution is 9.10. The van der Waals surface area contributed by atoms with Crippen molar-refractivity contribution in [3.8, 4) is 0 Å². The fourth-order valence-electron chi connectivity index (χ4n) is 1.39. The molecule has 78 valence electrons. The molecular weight excluding hydrogens is 247 g/mol. The van der Waals surface area contributed by atoms with Crippen molar-refractivity contribution >= 4 is 15.9 Å². The summed E-state index contributed by atoms with van der Waals surface area (Å²) in [5, 5.41) is 9.73. The van der Waals surface area contributed by atoms with E-state index >= 15 is 0 Å². The van der Waals surface area contributed by atoms with Gasteiger partial charge in [0.05, 0.1) is 5.60 Å². The normalized spacial score (nSPS) is 11.9. The van der Waals surface area contributed by atoms with E-state index in [9.17, 15) is 9.50 Å². The van der Waals surface area contributed by atoms with E-state index < -0.39 is 5.60 Å². The number of hydrogen-bond donors (Lipinski definition) is 1. The van der Waals surface area contributed by atoms with Gasteiger partial charge in [-0.05, 0) is 26.3 Å². The molecule has 1 N–H and O–H groups in total. The maximum atomic E-state index is 13.8. The molecule has 0 aliphatic carbocycles. The molecule has 1 rings (SSSR count). The molecular formula is C11H14BrFO. The Morgan fingerprint density at radius 1 is 1.43 bits per heavy atom. The minimum absolute atomic E-state index is 0.311. The lowest BCUT2D eigenvalue weighted by molar-refractivity contribution is 0.0743. The van der Waals surface area contributed by atoms with Gasteiger partial charge in [0.1, 0.15) is 5.82 Å². The second-order valence-corrected chi connectivity index (χ2v) is 4.65. The van der Waals surface area contributed by atoms with Gasteiger partial charge < -0.3 is 5.11 Å². The summed E-state index contributed by atoms with van der Waals surface area (Å²) in [4.78, 5) is 0. The molecule has 1 aromatic carbocycles. The largest absolute Gasteiger partial charge is 0.386 e. The summed E-state index contributed by atoms with van der Waals surface area (Å²) in [6, 6.07) is 3.38. The van der Waals surface area contributed by atoms with Crippen molar-refractivity contribution in [1.29, 1.82) is 0 Å². The summed E-state index contributed by atoms with van der Waals surface area (Å²) in [7, 11) is 0. The number of hydrogen-bond acceptors (Lipinski definition) is 1. The predicted octanol–water partition coefficient (Wildman–Crippen LogP) is 3.38. The van der Waals surface area contributed by atoms with Crippen LogP contribution in [-0.4, -0.2) is 5.11 Å². The van der Waals surface area contributed by atoms with Crippen molar-refractivity contribution in [3.05, 3.63) is 33.5 Å². The average Bonchev–Trinajstić information content (AvgIpc) is 2.02. The van der Waals surface area contributed by atoms with Gasteiger partial charge in [-0.2, -0.15) is 0 Å². The number of benzene rings is 1. The van der Waals surface area contributed by atoms with E-state index in [4.69, 9.17) is 0 Å². The molecule has 0 unspecified atom stereocenters. The molecule has 0 fully saturated rings. The molecule has 1 aromatic rings. The summed E-state index contributed by atoms with van der Waals surface area (Å²) in [5.74, 6) is -0.311. The molecule has 0 aromatic heterocycles. The smallest absolute Gasteiger partial charge is 0.133 e. The van der Waals surface area contributed by atoms with Crippen molar-refractivity contribution in [3.63, 3.8) is 0 Å². The highest BCUT2D eigenvalue weighted by Crippen LogP contribution is 2.29. The van der Waals surface area contributed by atoms with Gasteiger partial charge >= 0.3 is 0 Å². The van der Waals surface area contributed by atoms with Gasteiger partial charge in [0.15, 0.2) is 0 Å². The third-order valence-corrected chi connectivity index (χ3v) is 2.94. The number of aliphatic hydroxyl groups is 1. The second kappa shape index (κ2) is 3.99. The molecule has 3 heteroatoms. The standard InChI is InChI=1S/C11H14BrFO/c1-4-7-9(12)6-5-8(10(7)13)11(2,3)14/h5-6,14H,4H2,1-3H3. The van der Waals surface area contributed by atoms with Gasteiger partial charge in [-0.3, -0.25) is 0 Å². The highest BCUT2D eigenvalue weighted by atomic mass is 79.9. The fraction of sp³-hybridized carbons (Fsp3) is 0.455. The third-order valence-electron chi connectivity index (χ3n) is 2.20.